The van der Waals surface area contributed by atoms with Gasteiger partial charge in [0.05, 0.1) is 6.04 Å². The van der Waals surface area contributed by atoms with Crippen LogP contribution in [0.25, 0.3) is 0 Å². The van der Waals surface area contributed by atoms with Crippen molar-refractivity contribution in [3.05, 3.63) is 0 Å². The van der Waals surface area contributed by atoms with Gasteiger partial charge >= 0.3 is 0 Å². The molecule has 0 aliphatic carbocycles. The standard InChI is InChI=1S/C9H15NO/c1-7(11)9-6-8-2-4-10(9)5-3-8/h8-9H,2-6H2,1H3. The van der Waals surface area contributed by atoms with Crippen LogP contribution < -0.4 is 0 Å². The van der Waals surface area contributed by atoms with Crippen LogP contribution in [0.2, 0.25) is 0 Å². The van der Waals surface area contributed by atoms with E-state index in [-0.39, 0.29) is 6.04 Å². The van der Waals surface area contributed by atoms with Crippen LogP contribution >= 0.6 is 0 Å². The molecule has 1 unspecified atom stereocenters. The van der Waals surface area contributed by atoms with Gasteiger partial charge in [-0.05, 0) is 45.2 Å². The fourth-order valence-electron chi connectivity index (χ4n) is 2.39. The Labute approximate surface area is 67.6 Å². The normalized spacial score (nSPS) is 42.5. The Morgan fingerprint density at radius 3 is 2.27 bits per heavy atom. The van der Waals surface area contributed by atoms with Crippen molar-refractivity contribution in [2.45, 2.75) is 32.2 Å². The number of carbonyl (C=O) groups is 1. The molecule has 0 aromatic rings. The number of piperidine rings is 3. The lowest BCUT2D eigenvalue weighted by Gasteiger charge is -2.44. The quantitative estimate of drug-likeness (QED) is 0.561. The first-order chi connectivity index (χ1) is 5.27. The summed E-state index contributed by atoms with van der Waals surface area (Å²) in [4.78, 5) is 13.5. The second-order valence-corrected chi connectivity index (χ2v) is 3.84. The van der Waals surface area contributed by atoms with E-state index in [0.717, 1.165) is 25.4 Å². The molecule has 0 N–H and O–H groups in total. The van der Waals surface area contributed by atoms with Crippen molar-refractivity contribution < 1.29 is 4.79 Å². The largest absolute Gasteiger partial charge is 0.298 e. The van der Waals surface area contributed by atoms with Gasteiger partial charge in [0.2, 0.25) is 0 Å². The molecule has 1 atom stereocenters. The van der Waals surface area contributed by atoms with Crippen molar-refractivity contribution >= 4 is 5.78 Å². The maximum Gasteiger partial charge on any atom is 0.146 e. The molecule has 3 rings (SSSR count). The minimum atomic E-state index is 0.280. The number of nitrogens with zero attached hydrogens (tertiary/aromatic N) is 1. The van der Waals surface area contributed by atoms with E-state index in [1.54, 1.807) is 6.92 Å². The first-order valence-corrected chi connectivity index (χ1v) is 4.52. The van der Waals surface area contributed by atoms with E-state index < -0.39 is 0 Å². The highest BCUT2D eigenvalue weighted by atomic mass is 16.1. The van der Waals surface area contributed by atoms with Crippen LogP contribution in [0.4, 0.5) is 0 Å². The molecule has 0 radical (unpaired) electrons. The molecule has 3 heterocycles. The van der Waals surface area contributed by atoms with Gasteiger partial charge < -0.3 is 0 Å². The average molecular weight is 153 g/mol. The monoisotopic (exact) mass is 153 g/mol. The molecule has 0 aromatic heterocycles. The SMILES string of the molecule is CC(=O)C1CC2CCN1CC2. The molecule has 62 valence electrons. The van der Waals surface area contributed by atoms with Crippen molar-refractivity contribution in [1.29, 1.82) is 0 Å². The Morgan fingerprint density at radius 1 is 1.36 bits per heavy atom. The van der Waals surface area contributed by atoms with Gasteiger partial charge in [-0.15, -0.1) is 0 Å². The van der Waals surface area contributed by atoms with Crippen molar-refractivity contribution in [1.82, 2.24) is 4.90 Å². The van der Waals surface area contributed by atoms with E-state index in [9.17, 15) is 4.79 Å². The molecule has 0 amide bonds. The maximum absolute atomic E-state index is 11.1. The van der Waals surface area contributed by atoms with E-state index in [1.807, 2.05) is 0 Å². The highest BCUT2D eigenvalue weighted by Crippen LogP contribution is 2.31. The van der Waals surface area contributed by atoms with E-state index in [2.05, 4.69) is 4.90 Å². The third-order valence-electron chi connectivity index (χ3n) is 3.12. The van der Waals surface area contributed by atoms with Gasteiger partial charge in [-0.2, -0.15) is 0 Å². The zero-order valence-electron chi connectivity index (χ0n) is 7.05. The number of fused-ring (bicyclic) bond motifs is 3. The molecule has 3 aliphatic heterocycles. The Balaban J connectivity index is 2.08. The van der Waals surface area contributed by atoms with Gasteiger partial charge in [0.25, 0.3) is 0 Å². The average Bonchev–Trinajstić information content (AvgIpc) is 2.06. The summed E-state index contributed by atoms with van der Waals surface area (Å²) in [6.07, 6.45) is 3.78. The number of hydrogen-bond acceptors (Lipinski definition) is 2. The molecule has 0 aromatic carbocycles. The summed E-state index contributed by atoms with van der Waals surface area (Å²) in [7, 11) is 0. The lowest BCUT2D eigenvalue weighted by molar-refractivity contribution is -0.126. The Bertz CT molecular complexity index is 170. The van der Waals surface area contributed by atoms with Crippen molar-refractivity contribution in [2.75, 3.05) is 13.1 Å². The fraction of sp³-hybridized carbons (Fsp3) is 0.889. The highest BCUT2D eigenvalue weighted by molar-refractivity contribution is 5.81. The summed E-state index contributed by atoms with van der Waals surface area (Å²) >= 11 is 0. The predicted molar refractivity (Wildman–Crippen MR) is 43.4 cm³/mol. The first kappa shape index (κ1) is 7.29. The van der Waals surface area contributed by atoms with Crippen LogP contribution in [0, 0.1) is 5.92 Å². The fourth-order valence-corrected chi connectivity index (χ4v) is 2.39. The second-order valence-electron chi connectivity index (χ2n) is 3.84. The summed E-state index contributed by atoms with van der Waals surface area (Å²) in [5.74, 6) is 1.23. The first-order valence-electron chi connectivity index (χ1n) is 4.52. The molecule has 0 saturated carbocycles. The molecule has 0 spiro atoms. The lowest BCUT2D eigenvalue weighted by Crippen LogP contribution is -2.51. The number of rotatable bonds is 1. The summed E-state index contributed by atoms with van der Waals surface area (Å²) in [5.41, 5.74) is 0. The minimum absolute atomic E-state index is 0.280. The number of ketones is 1. The summed E-state index contributed by atoms with van der Waals surface area (Å²) in [6, 6.07) is 0.280. The number of Topliss-reactive ketones (excluding diaryl/α,β-unsaturated/α-hetero) is 1. The van der Waals surface area contributed by atoms with E-state index in [0.29, 0.717) is 5.78 Å². The van der Waals surface area contributed by atoms with Crippen molar-refractivity contribution in [3.63, 3.8) is 0 Å². The second kappa shape index (κ2) is 2.59. The molecule has 2 nitrogen and oxygen atoms in total. The van der Waals surface area contributed by atoms with E-state index in [1.165, 1.54) is 12.8 Å². The van der Waals surface area contributed by atoms with Gasteiger partial charge in [0.15, 0.2) is 0 Å². The Kier molecular flexibility index (Phi) is 1.72. The van der Waals surface area contributed by atoms with Crippen LogP contribution in [-0.4, -0.2) is 29.8 Å². The maximum atomic E-state index is 11.1. The molecular formula is C9H15NO. The van der Waals surface area contributed by atoms with Crippen LogP contribution in [0.1, 0.15) is 26.2 Å². The number of hydrogen-bond donors (Lipinski definition) is 0. The van der Waals surface area contributed by atoms with Gasteiger partial charge in [-0.1, -0.05) is 0 Å². The molecule has 3 aliphatic rings. The molecule has 2 heteroatoms. The van der Waals surface area contributed by atoms with Crippen LogP contribution in [0.3, 0.4) is 0 Å². The molecule has 3 saturated heterocycles. The molecule has 3 fully saturated rings. The smallest absolute Gasteiger partial charge is 0.146 e. The summed E-state index contributed by atoms with van der Waals surface area (Å²) in [5, 5.41) is 0. The number of carbonyl (C=O) groups excluding carboxylic acids is 1. The van der Waals surface area contributed by atoms with Crippen LogP contribution in [-0.2, 0) is 4.79 Å². The van der Waals surface area contributed by atoms with Gasteiger partial charge in [0, 0.05) is 0 Å². The van der Waals surface area contributed by atoms with Crippen LogP contribution in [0.5, 0.6) is 0 Å². The van der Waals surface area contributed by atoms with Gasteiger partial charge in [-0.25, -0.2) is 0 Å². The van der Waals surface area contributed by atoms with E-state index in [4.69, 9.17) is 0 Å². The highest BCUT2D eigenvalue weighted by Gasteiger charge is 2.35. The third kappa shape index (κ3) is 1.20. The lowest BCUT2D eigenvalue weighted by atomic mass is 9.82. The Hall–Kier alpha value is -0.370. The zero-order chi connectivity index (χ0) is 7.84. The molecule has 11 heavy (non-hydrogen) atoms. The van der Waals surface area contributed by atoms with Gasteiger partial charge in [-0.3, -0.25) is 9.69 Å². The van der Waals surface area contributed by atoms with Crippen molar-refractivity contribution in [3.8, 4) is 0 Å². The van der Waals surface area contributed by atoms with Crippen LogP contribution in [0.15, 0.2) is 0 Å². The Morgan fingerprint density at radius 2 is 2.00 bits per heavy atom. The molecular weight excluding hydrogens is 138 g/mol. The predicted octanol–water partition coefficient (Wildman–Crippen LogP) is 1.06. The zero-order valence-corrected chi connectivity index (χ0v) is 7.05. The summed E-state index contributed by atoms with van der Waals surface area (Å²) in [6.45, 7) is 4.05. The topological polar surface area (TPSA) is 20.3 Å². The third-order valence-corrected chi connectivity index (χ3v) is 3.12. The summed E-state index contributed by atoms with van der Waals surface area (Å²) < 4.78 is 0. The van der Waals surface area contributed by atoms with Gasteiger partial charge in [0.1, 0.15) is 5.78 Å². The minimum Gasteiger partial charge on any atom is -0.298 e. The van der Waals surface area contributed by atoms with E-state index >= 15 is 0 Å². The molecule has 2 bridgehead atoms. The van der Waals surface area contributed by atoms with Crippen molar-refractivity contribution in [2.24, 2.45) is 5.92 Å².